The van der Waals surface area contributed by atoms with E-state index < -0.39 is 35.6 Å². The molecule has 2 aliphatic heterocycles. The smallest absolute Gasteiger partial charge is 0.309 e. The minimum Gasteiger partial charge on any atom is -0.457 e. The fourth-order valence-corrected chi connectivity index (χ4v) is 6.68. The van der Waals surface area contributed by atoms with Crippen LogP contribution in [-0.2, 0) is 19.1 Å². The molecule has 2 fully saturated rings. The molecule has 2 N–H and O–H groups in total. The highest BCUT2D eigenvalue weighted by Crippen LogP contribution is 2.47. The van der Waals surface area contributed by atoms with Crippen molar-refractivity contribution in [3.8, 4) is 0 Å². The van der Waals surface area contributed by atoms with Gasteiger partial charge in [0, 0.05) is 12.3 Å². The van der Waals surface area contributed by atoms with Crippen molar-refractivity contribution < 1.29 is 29.3 Å². The van der Waals surface area contributed by atoms with Gasteiger partial charge in [-0.3, -0.25) is 9.59 Å². The number of hydrogen-bond acceptors (Lipinski definition) is 8. The fourth-order valence-electron chi connectivity index (χ4n) is 5.87. The molecule has 0 amide bonds. The maximum atomic E-state index is 13.7. The Morgan fingerprint density at radius 2 is 1.97 bits per heavy atom. The largest absolute Gasteiger partial charge is 0.457 e. The van der Waals surface area contributed by atoms with Crippen molar-refractivity contribution in [2.24, 2.45) is 17.3 Å². The van der Waals surface area contributed by atoms with E-state index in [0.29, 0.717) is 19.3 Å². The highest BCUT2D eigenvalue weighted by Gasteiger charge is 2.53. The zero-order valence-corrected chi connectivity index (χ0v) is 24.6. The van der Waals surface area contributed by atoms with Gasteiger partial charge < -0.3 is 19.7 Å². The number of cyclic esters (lactones) is 1. The second kappa shape index (κ2) is 11.8. The molecule has 7 nitrogen and oxygen atoms in total. The SMILES string of the molecule is C=CCC[C@H]1C(=O)C(C)(C)[C@@H](O)CC(=O)O[C@H](c2ccc3sc(C)nc3c2)CC2OC2(C)CCC[C@H](C)[C@H]1O. The Hall–Kier alpha value is -2.13. The molecule has 3 heterocycles. The predicted octanol–water partition coefficient (Wildman–Crippen LogP) is 5.85. The molecule has 2 unspecified atom stereocenters. The molecule has 0 saturated carbocycles. The van der Waals surface area contributed by atoms with Crippen LogP contribution in [0.15, 0.2) is 30.9 Å². The number of nitrogens with zero attached hydrogens (tertiary/aromatic N) is 1. The molecular weight excluding hydrogens is 514 g/mol. The molecule has 0 aliphatic carbocycles. The summed E-state index contributed by atoms with van der Waals surface area (Å²) in [6.45, 7) is 13.1. The van der Waals surface area contributed by atoms with Gasteiger partial charge in [-0.1, -0.05) is 39.3 Å². The van der Waals surface area contributed by atoms with E-state index >= 15 is 0 Å². The number of ether oxygens (including phenoxy) is 2. The maximum absolute atomic E-state index is 13.7. The second-order valence-corrected chi connectivity index (χ2v) is 13.5. The first kappa shape index (κ1) is 29.8. The number of allylic oxidation sites excluding steroid dienone is 1. The van der Waals surface area contributed by atoms with Crippen LogP contribution in [0, 0.1) is 24.2 Å². The van der Waals surface area contributed by atoms with Crippen LogP contribution < -0.4 is 0 Å². The van der Waals surface area contributed by atoms with Crippen molar-refractivity contribution in [2.45, 2.75) is 110 Å². The minimum absolute atomic E-state index is 0.0698. The van der Waals surface area contributed by atoms with E-state index in [2.05, 4.69) is 18.5 Å². The van der Waals surface area contributed by atoms with E-state index in [1.807, 2.05) is 32.0 Å². The maximum Gasteiger partial charge on any atom is 0.309 e. The van der Waals surface area contributed by atoms with Crippen molar-refractivity contribution in [3.05, 3.63) is 41.4 Å². The molecule has 0 spiro atoms. The third-order valence-corrected chi connectivity index (χ3v) is 9.75. The van der Waals surface area contributed by atoms with Gasteiger partial charge in [0.25, 0.3) is 0 Å². The van der Waals surface area contributed by atoms with Gasteiger partial charge in [0.05, 0.1) is 51.0 Å². The molecule has 8 heteroatoms. The number of carbonyl (C=O) groups is 2. The van der Waals surface area contributed by atoms with E-state index in [1.165, 1.54) is 0 Å². The van der Waals surface area contributed by atoms with E-state index in [0.717, 1.165) is 40.1 Å². The summed E-state index contributed by atoms with van der Waals surface area (Å²) in [7, 11) is 0. The van der Waals surface area contributed by atoms with Gasteiger partial charge in [-0.25, -0.2) is 4.98 Å². The van der Waals surface area contributed by atoms with Gasteiger partial charge in [-0.15, -0.1) is 17.9 Å². The number of epoxide rings is 1. The highest BCUT2D eigenvalue weighted by atomic mass is 32.1. The molecule has 214 valence electrons. The molecule has 0 bridgehead atoms. The van der Waals surface area contributed by atoms with Gasteiger partial charge in [0.2, 0.25) is 0 Å². The number of Topliss-reactive ketones (excluding diaryl/α,β-unsaturated/α-hetero) is 1. The van der Waals surface area contributed by atoms with Crippen molar-refractivity contribution in [3.63, 3.8) is 0 Å². The summed E-state index contributed by atoms with van der Waals surface area (Å²) in [5.41, 5.74) is 0.134. The Labute approximate surface area is 235 Å². The molecule has 1 aromatic carbocycles. The number of aliphatic hydroxyl groups excluding tert-OH is 2. The number of esters is 1. The number of rotatable bonds is 4. The van der Waals surface area contributed by atoms with Crippen LogP contribution in [0.3, 0.4) is 0 Å². The molecule has 4 rings (SSSR count). The molecule has 39 heavy (non-hydrogen) atoms. The third kappa shape index (κ3) is 6.62. The Balaban J connectivity index is 1.62. The molecule has 2 aliphatic rings. The number of carbonyl (C=O) groups excluding carboxylic acids is 2. The van der Waals surface area contributed by atoms with E-state index in [1.54, 1.807) is 31.3 Å². The number of benzene rings is 1. The first-order chi connectivity index (χ1) is 18.4. The van der Waals surface area contributed by atoms with Gasteiger partial charge in [-0.05, 0) is 63.1 Å². The summed E-state index contributed by atoms with van der Waals surface area (Å²) in [6.07, 6.45) is 2.61. The molecule has 7 atom stereocenters. The molecule has 1 aromatic heterocycles. The Kier molecular flexibility index (Phi) is 9.01. The topological polar surface area (TPSA) is 109 Å². The summed E-state index contributed by atoms with van der Waals surface area (Å²) in [6, 6.07) is 5.93. The number of aromatic nitrogens is 1. The molecule has 2 saturated heterocycles. The summed E-state index contributed by atoms with van der Waals surface area (Å²) < 4.78 is 13.2. The number of aryl methyl sites for hydroxylation is 1. The first-order valence-electron chi connectivity index (χ1n) is 14.1. The molecule has 2 aromatic rings. The lowest BCUT2D eigenvalue weighted by atomic mass is 9.71. The van der Waals surface area contributed by atoms with Crippen LogP contribution >= 0.6 is 11.3 Å². The van der Waals surface area contributed by atoms with Crippen LogP contribution in [-0.4, -0.2) is 50.9 Å². The van der Waals surface area contributed by atoms with Crippen molar-refractivity contribution in [2.75, 3.05) is 0 Å². The van der Waals surface area contributed by atoms with Crippen LogP contribution in [0.2, 0.25) is 0 Å². The highest BCUT2D eigenvalue weighted by molar-refractivity contribution is 7.18. The van der Waals surface area contributed by atoms with Gasteiger partial charge in [0.1, 0.15) is 11.9 Å². The van der Waals surface area contributed by atoms with Crippen LogP contribution in [0.1, 0.15) is 89.3 Å². The number of aliphatic hydroxyl groups is 2. The Morgan fingerprint density at radius 3 is 2.69 bits per heavy atom. The lowest BCUT2D eigenvalue weighted by molar-refractivity contribution is -0.156. The van der Waals surface area contributed by atoms with Crippen molar-refractivity contribution >= 4 is 33.3 Å². The summed E-state index contributed by atoms with van der Waals surface area (Å²) in [5, 5.41) is 23.3. The van der Waals surface area contributed by atoms with E-state index in [9.17, 15) is 19.8 Å². The normalized spacial score (nSPS) is 34.3. The number of hydrogen-bond donors (Lipinski definition) is 2. The zero-order chi connectivity index (χ0) is 28.5. The Bertz CT molecular complexity index is 1210. The zero-order valence-electron chi connectivity index (χ0n) is 23.8. The van der Waals surface area contributed by atoms with Crippen molar-refractivity contribution in [1.29, 1.82) is 0 Å². The molecular formula is C31H43NO6S. The average molecular weight is 558 g/mol. The Morgan fingerprint density at radius 1 is 1.23 bits per heavy atom. The van der Waals surface area contributed by atoms with Gasteiger partial charge in [-0.2, -0.15) is 0 Å². The quantitative estimate of drug-likeness (QED) is 0.276. The lowest BCUT2D eigenvalue weighted by Crippen LogP contribution is -2.46. The standard InChI is InChI=1S/C31H43NO6S/c1-7-8-11-21-28(35)18(2)10-9-14-31(6)26(38-31)16-23(20-12-13-24-22(15-20)32-19(3)39-24)37-27(34)17-25(33)30(4,5)29(21)36/h7,12-13,15,18,21,23,25-26,28,33,35H,1,8-11,14,16-17H2,2-6H3/t18-,21+,23-,25-,26?,28+,31?/m0/s1. The first-order valence-corrected chi connectivity index (χ1v) is 14.9. The number of thiazole rings is 1. The monoisotopic (exact) mass is 557 g/mol. The number of fused-ring (bicyclic) bond motifs is 2. The van der Waals surface area contributed by atoms with Crippen LogP contribution in [0.5, 0.6) is 0 Å². The minimum atomic E-state index is -1.26. The predicted molar refractivity (Wildman–Crippen MR) is 152 cm³/mol. The van der Waals surface area contributed by atoms with E-state index in [-0.39, 0.29) is 29.8 Å². The lowest BCUT2D eigenvalue weighted by Gasteiger charge is -2.36. The van der Waals surface area contributed by atoms with Crippen molar-refractivity contribution in [1.82, 2.24) is 4.98 Å². The fraction of sp³-hybridized carbons (Fsp3) is 0.645. The summed E-state index contributed by atoms with van der Waals surface area (Å²) >= 11 is 1.62. The summed E-state index contributed by atoms with van der Waals surface area (Å²) in [5.74, 6) is -1.58. The van der Waals surface area contributed by atoms with E-state index in [4.69, 9.17) is 9.47 Å². The van der Waals surface area contributed by atoms with Gasteiger partial charge >= 0.3 is 5.97 Å². The van der Waals surface area contributed by atoms with Crippen LogP contribution in [0.25, 0.3) is 10.2 Å². The number of ketones is 1. The van der Waals surface area contributed by atoms with Gasteiger partial charge in [0.15, 0.2) is 0 Å². The molecule has 0 radical (unpaired) electrons. The average Bonchev–Trinajstić information content (AvgIpc) is 3.34. The summed E-state index contributed by atoms with van der Waals surface area (Å²) in [4.78, 5) is 31.5. The second-order valence-electron chi connectivity index (χ2n) is 12.2. The third-order valence-electron chi connectivity index (χ3n) is 8.80. The van der Waals surface area contributed by atoms with Crippen LogP contribution in [0.4, 0.5) is 0 Å².